The van der Waals surface area contributed by atoms with Crippen molar-refractivity contribution in [2.24, 2.45) is 5.73 Å². The maximum atomic E-state index is 13.7. The number of hydrogen-bond donors (Lipinski definition) is 1. The monoisotopic (exact) mass is 402 g/mol. The molecule has 0 saturated carbocycles. The summed E-state index contributed by atoms with van der Waals surface area (Å²) in [5.74, 6) is -0.799. The number of carbonyl (C=O) groups excluding carboxylic acids is 1. The highest BCUT2D eigenvalue weighted by atomic mass is 16.5. The molecule has 0 bridgehead atoms. The second kappa shape index (κ2) is 7.06. The first-order chi connectivity index (χ1) is 14.6. The molecular weight excluding hydrogens is 380 g/mol. The molecule has 0 radical (unpaired) electrons. The predicted molar refractivity (Wildman–Crippen MR) is 113 cm³/mol. The summed E-state index contributed by atoms with van der Waals surface area (Å²) in [6.07, 6.45) is 1.81. The minimum absolute atomic E-state index is 0.0179. The fourth-order valence-corrected chi connectivity index (χ4v) is 4.65. The third-order valence-corrected chi connectivity index (χ3v) is 5.87. The number of benzene rings is 2. The van der Waals surface area contributed by atoms with Crippen LogP contribution in [0.3, 0.4) is 0 Å². The summed E-state index contributed by atoms with van der Waals surface area (Å²) in [5.41, 5.74) is 9.54. The molecule has 5 rings (SSSR count). The number of rotatable bonds is 3. The Kier molecular flexibility index (Phi) is 4.35. The molecule has 0 saturated heterocycles. The van der Waals surface area contributed by atoms with Gasteiger partial charge >= 0.3 is 5.97 Å². The quantitative estimate of drug-likeness (QED) is 0.680. The Morgan fingerprint density at radius 3 is 2.77 bits per heavy atom. The van der Waals surface area contributed by atoms with Crippen LogP contribution >= 0.6 is 0 Å². The van der Waals surface area contributed by atoms with E-state index in [1.165, 1.54) is 0 Å². The van der Waals surface area contributed by atoms with Gasteiger partial charge in [0.25, 0.3) is 5.56 Å². The van der Waals surface area contributed by atoms with E-state index < -0.39 is 11.9 Å². The van der Waals surface area contributed by atoms with Crippen molar-refractivity contribution in [3.8, 4) is 5.75 Å². The van der Waals surface area contributed by atoms with Gasteiger partial charge in [0.1, 0.15) is 11.3 Å². The van der Waals surface area contributed by atoms with Crippen LogP contribution in [0.25, 0.3) is 10.9 Å². The van der Waals surface area contributed by atoms with Crippen molar-refractivity contribution in [2.75, 3.05) is 6.61 Å². The molecule has 2 aromatic carbocycles. The molecule has 1 unspecified atom stereocenters. The number of aromatic nitrogens is 1. The van der Waals surface area contributed by atoms with Gasteiger partial charge in [-0.2, -0.15) is 0 Å². The van der Waals surface area contributed by atoms with E-state index in [-0.39, 0.29) is 23.6 Å². The summed E-state index contributed by atoms with van der Waals surface area (Å²) in [7, 11) is 0. The van der Waals surface area contributed by atoms with E-state index in [1.807, 2.05) is 53.1 Å². The number of esters is 1. The molecule has 2 N–H and O–H groups in total. The molecule has 2 aliphatic heterocycles. The Labute approximate surface area is 173 Å². The standard InChI is InChI=1S/C24H22N2O4/c1-2-29-24(28)19-17(14-8-4-3-5-9-14)18-21(30-22(19)25)16-12-6-10-15-11-7-13-26(20(15)16)23(18)27/h3-6,8-10,12,17H,2,7,11,13,25H2,1H3. The van der Waals surface area contributed by atoms with Crippen molar-refractivity contribution in [1.82, 2.24) is 4.57 Å². The summed E-state index contributed by atoms with van der Waals surface area (Å²) in [5, 5.41) is 0.841. The predicted octanol–water partition coefficient (Wildman–Crippen LogP) is 3.21. The van der Waals surface area contributed by atoms with Crippen LogP contribution in [0.1, 0.15) is 36.0 Å². The van der Waals surface area contributed by atoms with Gasteiger partial charge in [0.05, 0.1) is 23.6 Å². The summed E-state index contributed by atoms with van der Waals surface area (Å²) in [6.45, 7) is 2.57. The number of aryl methyl sites for hydroxylation is 2. The molecule has 0 amide bonds. The third-order valence-electron chi connectivity index (χ3n) is 5.87. The maximum Gasteiger partial charge on any atom is 0.340 e. The van der Waals surface area contributed by atoms with Crippen molar-refractivity contribution < 1.29 is 14.3 Å². The van der Waals surface area contributed by atoms with Crippen molar-refractivity contribution in [1.29, 1.82) is 0 Å². The second-order valence-corrected chi connectivity index (χ2v) is 7.56. The highest BCUT2D eigenvalue weighted by Crippen LogP contribution is 2.45. The lowest BCUT2D eigenvalue weighted by Gasteiger charge is -2.31. The molecule has 2 aliphatic rings. The molecule has 3 heterocycles. The minimum atomic E-state index is -0.653. The fraction of sp³-hybridized carbons (Fsp3) is 0.250. The van der Waals surface area contributed by atoms with E-state index in [0.717, 1.165) is 34.9 Å². The van der Waals surface area contributed by atoms with Crippen LogP contribution in [0.5, 0.6) is 5.75 Å². The molecule has 1 aromatic heterocycles. The Bertz CT molecular complexity index is 1260. The van der Waals surface area contributed by atoms with Gasteiger partial charge in [0.15, 0.2) is 0 Å². The average Bonchev–Trinajstić information content (AvgIpc) is 2.77. The van der Waals surface area contributed by atoms with E-state index >= 15 is 0 Å². The number of hydrogen-bond acceptors (Lipinski definition) is 5. The molecule has 6 nitrogen and oxygen atoms in total. The zero-order valence-electron chi connectivity index (χ0n) is 16.7. The highest BCUT2D eigenvalue weighted by Gasteiger charge is 2.39. The molecule has 6 heteroatoms. The highest BCUT2D eigenvalue weighted by molar-refractivity contribution is 5.96. The van der Waals surface area contributed by atoms with Gasteiger partial charge in [-0.25, -0.2) is 4.79 Å². The number of nitrogens with two attached hydrogens (primary N) is 1. The number of nitrogens with zero attached hydrogens (tertiary/aromatic N) is 1. The smallest absolute Gasteiger partial charge is 0.340 e. The van der Waals surface area contributed by atoms with Crippen LogP contribution < -0.4 is 16.0 Å². The fourth-order valence-electron chi connectivity index (χ4n) is 4.65. The topological polar surface area (TPSA) is 83.6 Å². The van der Waals surface area contributed by atoms with Crippen molar-refractivity contribution >= 4 is 16.9 Å². The van der Waals surface area contributed by atoms with E-state index in [1.54, 1.807) is 6.92 Å². The summed E-state index contributed by atoms with van der Waals surface area (Å²) in [4.78, 5) is 26.6. The third kappa shape index (κ3) is 2.64. The first-order valence-corrected chi connectivity index (χ1v) is 10.2. The van der Waals surface area contributed by atoms with Crippen LogP contribution in [-0.4, -0.2) is 17.1 Å². The van der Waals surface area contributed by atoms with Crippen molar-refractivity contribution in [3.05, 3.63) is 87.0 Å². The van der Waals surface area contributed by atoms with E-state index in [9.17, 15) is 9.59 Å². The first kappa shape index (κ1) is 18.5. The van der Waals surface area contributed by atoms with Gasteiger partial charge in [-0.1, -0.05) is 42.5 Å². The van der Waals surface area contributed by atoms with E-state index in [4.69, 9.17) is 15.2 Å². The average molecular weight is 402 g/mol. The number of pyridine rings is 1. The van der Waals surface area contributed by atoms with Crippen LogP contribution in [0.15, 0.2) is 64.8 Å². The van der Waals surface area contributed by atoms with Gasteiger partial charge in [0, 0.05) is 11.9 Å². The molecule has 0 spiro atoms. The summed E-state index contributed by atoms with van der Waals surface area (Å²) >= 11 is 0. The first-order valence-electron chi connectivity index (χ1n) is 10.2. The van der Waals surface area contributed by atoms with Crippen LogP contribution in [0, 0.1) is 0 Å². The number of ether oxygens (including phenoxy) is 2. The van der Waals surface area contributed by atoms with Crippen molar-refractivity contribution in [2.45, 2.75) is 32.2 Å². The van der Waals surface area contributed by atoms with E-state index in [0.29, 0.717) is 17.9 Å². The Hall–Kier alpha value is -3.54. The molecule has 0 aliphatic carbocycles. The Morgan fingerprint density at radius 1 is 1.20 bits per heavy atom. The summed E-state index contributed by atoms with van der Waals surface area (Å²) in [6, 6.07) is 15.4. The largest absolute Gasteiger partial charge is 0.462 e. The lowest BCUT2D eigenvalue weighted by molar-refractivity contribution is -0.139. The minimum Gasteiger partial charge on any atom is -0.462 e. The lowest BCUT2D eigenvalue weighted by Crippen LogP contribution is -2.35. The molecule has 30 heavy (non-hydrogen) atoms. The van der Waals surface area contributed by atoms with Crippen LogP contribution in [0.2, 0.25) is 0 Å². The Balaban J connectivity index is 1.87. The second-order valence-electron chi connectivity index (χ2n) is 7.56. The van der Waals surface area contributed by atoms with Gasteiger partial charge in [-0.05, 0) is 37.0 Å². The molecule has 1 atom stereocenters. The normalized spacial score (nSPS) is 17.4. The molecule has 152 valence electrons. The van der Waals surface area contributed by atoms with Crippen LogP contribution in [0.4, 0.5) is 0 Å². The van der Waals surface area contributed by atoms with Crippen molar-refractivity contribution in [3.63, 3.8) is 0 Å². The van der Waals surface area contributed by atoms with Gasteiger partial charge in [-0.15, -0.1) is 0 Å². The number of para-hydroxylation sites is 1. The lowest BCUT2D eigenvalue weighted by atomic mass is 9.82. The van der Waals surface area contributed by atoms with Gasteiger partial charge in [-0.3, -0.25) is 4.79 Å². The Morgan fingerprint density at radius 2 is 2.00 bits per heavy atom. The number of carbonyl (C=O) groups is 1. The molecular formula is C24H22N2O4. The van der Waals surface area contributed by atoms with Gasteiger partial charge < -0.3 is 19.8 Å². The van der Waals surface area contributed by atoms with Crippen LogP contribution in [-0.2, 0) is 22.5 Å². The maximum absolute atomic E-state index is 13.7. The summed E-state index contributed by atoms with van der Waals surface area (Å²) < 4.78 is 13.1. The SMILES string of the molecule is CCOC(=O)C1=C(N)Oc2c(c(=O)n3c4c(cccc24)CCC3)C1c1ccccc1. The zero-order chi connectivity index (χ0) is 20.8. The van der Waals surface area contributed by atoms with E-state index in [2.05, 4.69) is 0 Å². The zero-order valence-corrected chi connectivity index (χ0v) is 16.7. The molecule has 3 aromatic rings. The van der Waals surface area contributed by atoms with Gasteiger partial charge in [0.2, 0.25) is 5.88 Å². The molecule has 0 fully saturated rings. The number of fused-ring (bicyclic) bond motifs is 2.